The molecule has 0 bridgehead atoms. The Morgan fingerprint density at radius 2 is 2.10 bits per heavy atom. The number of halogens is 1. The molecule has 1 aliphatic heterocycles. The molecule has 2 N–H and O–H groups in total. The van der Waals surface area contributed by atoms with E-state index in [4.69, 9.17) is 16.3 Å². The second kappa shape index (κ2) is 8.89. The molecule has 3 rings (SSSR count). The molecule has 0 spiro atoms. The summed E-state index contributed by atoms with van der Waals surface area (Å²) in [6.07, 6.45) is 3.34. The number of pyridine rings is 1. The molecular weight excluding hydrogens is 416 g/mol. The predicted octanol–water partition coefficient (Wildman–Crippen LogP) is 3.51. The van der Waals surface area contributed by atoms with Gasteiger partial charge in [-0.15, -0.1) is 0 Å². The third-order valence-corrected chi connectivity index (χ3v) is 5.36. The predicted molar refractivity (Wildman–Crippen MR) is 112 cm³/mol. The van der Waals surface area contributed by atoms with E-state index in [-0.39, 0.29) is 11.7 Å². The molecule has 154 valence electrons. The van der Waals surface area contributed by atoms with Gasteiger partial charge in [0.15, 0.2) is 0 Å². The van der Waals surface area contributed by atoms with E-state index in [0.717, 1.165) is 11.8 Å². The van der Waals surface area contributed by atoms with Gasteiger partial charge < -0.3 is 4.74 Å². The first-order valence-corrected chi connectivity index (χ1v) is 11.2. The molecule has 2 aromatic rings. The molecule has 0 fully saturated rings. The number of carbonyl (C=O) groups excluding carboxylic acids is 1. The zero-order chi connectivity index (χ0) is 21.0. The number of rotatable bonds is 5. The van der Waals surface area contributed by atoms with Gasteiger partial charge in [0.2, 0.25) is 10.0 Å². The number of hydrogen-bond acceptors (Lipinski definition) is 5. The molecule has 2 unspecified atom stereocenters. The van der Waals surface area contributed by atoms with Crippen molar-refractivity contribution in [3.05, 3.63) is 52.7 Å². The van der Waals surface area contributed by atoms with Crippen LogP contribution in [0.4, 0.5) is 10.6 Å². The molecule has 0 saturated carbocycles. The lowest BCUT2D eigenvalue weighted by Gasteiger charge is -2.23. The van der Waals surface area contributed by atoms with Crippen LogP contribution in [0.15, 0.2) is 41.4 Å². The highest BCUT2D eigenvalue weighted by atomic mass is 35.5. The Labute approximate surface area is 174 Å². The van der Waals surface area contributed by atoms with Gasteiger partial charge in [-0.1, -0.05) is 29.8 Å². The Kier molecular flexibility index (Phi) is 6.51. The number of ether oxygens (including phenoxy) is 1. The smallest absolute Gasteiger partial charge is 0.346 e. The Morgan fingerprint density at radius 3 is 2.86 bits per heavy atom. The number of anilines is 1. The zero-order valence-electron chi connectivity index (χ0n) is 15.9. The number of aromatic nitrogens is 1. The second-order valence-corrected chi connectivity index (χ2v) is 8.86. The van der Waals surface area contributed by atoms with E-state index in [2.05, 4.69) is 20.0 Å². The Morgan fingerprint density at radius 1 is 1.34 bits per heavy atom. The van der Waals surface area contributed by atoms with Crippen LogP contribution in [0.1, 0.15) is 36.6 Å². The number of nitrogens with zero attached hydrogens (tertiary/aromatic N) is 2. The summed E-state index contributed by atoms with van der Waals surface area (Å²) in [6.45, 7) is 2.16. The Hall–Kier alpha value is -2.49. The largest absolute Gasteiger partial charge is 0.492 e. The van der Waals surface area contributed by atoms with E-state index >= 15 is 0 Å². The van der Waals surface area contributed by atoms with Crippen molar-refractivity contribution in [1.29, 1.82) is 0 Å². The van der Waals surface area contributed by atoms with E-state index < -0.39 is 22.1 Å². The van der Waals surface area contributed by atoms with Gasteiger partial charge in [0.25, 0.3) is 0 Å². The molecule has 2 heterocycles. The summed E-state index contributed by atoms with van der Waals surface area (Å²) in [4.78, 5) is 20.5. The highest BCUT2D eigenvalue weighted by Crippen LogP contribution is 2.37. The lowest BCUT2D eigenvalue weighted by atomic mass is 9.94. The average Bonchev–Trinajstić information content (AvgIpc) is 2.66. The van der Waals surface area contributed by atoms with Gasteiger partial charge in [0.1, 0.15) is 11.6 Å². The third kappa shape index (κ3) is 5.75. The number of urea groups is 1. The molecular formula is C19H21ClN4O4S. The fourth-order valence-electron chi connectivity index (χ4n) is 3.01. The lowest BCUT2D eigenvalue weighted by molar-refractivity contribution is 0.259. The number of hydrogen-bond donors (Lipinski definition) is 2. The quantitative estimate of drug-likeness (QED) is 0.697. The van der Waals surface area contributed by atoms with E-state index in [1.165, 1.54) is 0 Å². The topological polar surface area (TPSA) is 110 Å². The van der Waals surface area contributed by atoms with Crippen molar-refractivity contribution in [3.63, 3.8) is 0 Å². The van der Waals surface area contributed by atoms with Gasteiger partial charge in [-0.3, -0.25) is 5.32 Å². The molecule has 0 aliphatic carbocycles. The van der Waals surface area contributed by atoms with E-state index in [9.17, 15) is 13.2 Å². The first-order valence-electron chi connectivity index (χ1n) is 8.93. The molecule has 1 aromatic heterocycles. The Bertz CT molecular complexity index is 1040. The second-order valence-electron chi connectivity index (χ2n) is 6.67. The molecule has 29 heavy (non-hydrogen) atoms. The van der Waals surface area contributed by atoms with Crippen molar-refractivity contribution in [2.75, 3.05) is 18.2 Å². The van der Waals surface area contributed by atoms with Crippen LogP contribution in [0.2, 0.25) is 5.02 Å². The number of nitrogens with one attached hydrogen (secondary N) is 2. The summed E-state index contributed by atoms with van der Waals surface area (Å²) < 4.78 is 30.8. The minimum atomic E-state index is -3.38. The van der Waals surface area contributed by atoms with Gasteiger partial charge in [-0.2, -0.15) is 0 Å². The fourth-order valence-corrected chi connectivity index (χ4v) is 4.01. The molecule has 2 atom stereocenters. The van der Waals surface area contributed by atoms with Gasteiger partial charge in [-0.25, -0.2) is 27.9 Å². The number of benzene rings is 1. The maximum Gasteiger partial charge on any atom is 0.346 e. The summed E-state index contributed by atoms with van der Waals surface area (Å²) in [5.41, 5.74) is 1.37. The summed E-state index contributed by atoms with van der Waals surface area (Å²) >= 11 is 6.16. The number of aliphatic imine (C=N–C) groups is 1. The van der Waals surface area contributed by atoms with Crippen molar-refractivity contribution in [2.45, 2.75) is 25.3 Å². The molecule has 1 aliphatic rings. The molecule has 0 radical (unpaired) electrons. The standard InChI is InChI=1S/C19H21ClN4O4S/c1-12(24-29(2,26)27)16-7-4-8-17(22-16)23-19(25)21-11-13-9-10-28-18-14(13)5-3-6-15(18)20/h3-8,11-13,24H,9-10H2,1-2H3,(H,22,23,25)/b21-11+. The summed E-state index contributed by atoms with van der Waals surface area (Å²) in [5.74, 6) is 0.822. The first kappa shape index (κ1) is 21.2. The number of para-hydroxylation sites is 1. The maximum atomic E-state index is 12.2. The number of carbonyl (C=O) groups is 1. The summed E-state index contributed by atoms with van der Waals surface area (Å²) in [5, 5.41) is 3.12. The van der Waals surface area contributed by atoms with Crippen LogP contribution in [0.3, 0.4) is 0 Å². The van der Waals surface area contributed by atoms with E-state index in [1.54, 1.807) is 37.4 Å². The zero-order valence-corrected chi connectivity index (χ0v) is 17.5. The first-order chi connectivity index (χ1) is 13.7. The monoisotopic (exact) mass is 436 g/mol. The van der Waals surface area contributed by atoms with Crippen molar-refractivity contribution < 1.29 is 17.9 Å². The van der Waals surface area contributed by atoms with Gasteiger partial charge in [0.05, 0.1) is 29.6 Å². The van der Waals surface area contributed by atoms with Crippen LogP contribution in [0.25, 0.3) is 0 Å². The molecule has 1 aromatic carbocycles. The summed E-state index contributed by atoms with van der Waals surface area (Å²) in [6, 6.07) is 9.33. The van der Waals surface area contributed by atoms with Crippen LogP contribution >= 0.6 is 11.6 Å². The van der Waals surface area contributed by atoms with Crippen LogP contribution in [0, 0.1) is 0 Å². The van der Waals surface area contributed by atoms with Crippen LogP contribution < -0.4 is 14.8 Å². The highest BCUT2D eigenvalue weighted by molar-refractivity contribution is 7.88. The summed E-state index contributed by atoms with van der Waals surface area (Å²) in [7, 11) is -3.38. The van der Waals surface area contributed by atoms with Crippen LogP contribution in [0.5, 0.6) is 5.75 Å². The average molecular weight is 437 g/mol. The van der Waals surface area contributed by atoms with Gasteiger partial charge in [0, 0.05) is 17.7 Å². The van der Waals surface area contributed by atoms with Crippen LogP contribution in [-0.4, -0.2) is 38.5 Å². The minimum Gasteiger partial charge on any atom is -0.492 e. The van der Waals surface area contributed by atoms with Crippen molar-refractivity contribution in [2.24, 2.45) is 4.99 Å². The maximum absolute atomic E-state index is 12.2. The SMILES string of the molecule is CC(NS(C)(=O)=O)c1cccc(NC(=O)/N=C/C2CCOc3c(Cl)cccc32)n1. The highest BCUT2D eigenvalue weighted by Gasteiger charge is 2.22. The minimum absolute atomic E-state index is 0.0820. The van der Waals surface area contributed by atoms with E-state index in [0.29, 0.717) is 29.5 Å². The lowest BCUT2D eigenvalue weighted by Crippen LogP contribution is -2.26. The number of sulfonamides is 1. The number of amides is 2. The molecule has 10 heteroatoms. The third-order valence-electron chi connectivity index (χ3n) is 4.28. The van der Waals surface area contributed by atoms with Crippen molar-refractivity contribution >= 4 is 39.7 Å². The van der Waals surface area contributed by atoms with Gasteiger partial charge >= 0.3 is 6.03 Å². The fraction of sp³-hybridized carbons (Fsp3) is 0.316. The molecule has 2 amide bonds. The van der Waals surface area contributed by atoms with Crippen molar-refractivity contribution in [3.8, 4) is 5.75 Å². The van der Waals surface area contributed by atoms with Gasteiger partial charge in [-0.05, 0) is 31.5 Å². The molecule has 8 nitrogen and oxygen atoms in total. The van der Waals surface area contributed by atoms with Crippen molar-refractivity contribution in [1.82, 2.24) is 9.71 Å². The Balaban J connectivity index is 1.68. The number of fused-ring (bicyclic) bond motifs is 1. The van der Waals surface area contributed by atoms with Crippen LogP contribution in [-0.2, 0) is 10.0 Å². The van der Waals surface area contributed by atoms with E-state index in [1.807, 2.05) is 12.1 Å². The normalized spacial score (nSPS) is 17.4. The molecule has 0 saturated heterocycles.